The normalized spacial score (nSPS) is 12.1. The number of para-hydroxylation sites is 1. The predicted octanol–water partition coefficient (Wildman–Crippen LogP) is 4.51. The Morgan fingerprint density at radius 1 is 1.00 bits per heavy atom. The van der Waals surface area contributed by atoms with Crippen LogP contribution in [0.4, 0.5) is 0 Å². The van der Waals surface area contributed by atoms with Crippen LogP contribution in [-0.4, -0.2) is 36.4 Å². The van der Waals surface area contributed by atoms with E-state index in [1.165, 1.54) is 10.4 Å². The SMILES string of the molecule is COc1ccccc1CN(Cc1cccs1)CC(O)COc1ccc(C)cc1. The number of nitrogens with zero attached hydrogens (tertiary/aromatic N) is 1. The number of aryl methyl sites for hydroxylation is 1. The molecular weight excluding hydrogens is 370 g/mol. The van der Waals surface area contributed by atoms with E-state index in [9.17, 15) is 5.11 Å². The molecule has 3 aromatic rings. The van der Waals surface area contributed by atoms with E-state index < -0.39 is 6.10 Å². The third kappa shape index (κ3) is 6.09. The van der Waals surface area contributed by atoms with Crippen molar-refractivity contribution in [1.29, 1.82) is 0 Å². The van der Waals surface area contributed by atoms with E-state index in [4.69, 9.17) is 9.47 Å². The van der Waals surface area contributed by atoms with Crippen LogP contribution in [0.5, 0.6) is 11.5 Å². The lowest BCUT2D eigenvalue weighted by molar-refractivity contribution is 0.0629. The molecule has 2 aromatic carbocycles. The molecule has 5 heteroatoms. The van der Waals surface area contributed by atoms with E-state index in [2.05, 4.69) is 28.5 Å². The van der Waals surface area contributed by atoms with Gasteiger partial charge in [0, 0.05) is 30.1 Å². The van der Waals surface area contributed by atoms with Crippen molar-refractivity contribution >= 4 is 11.3 Å². The van der Waals surface area contributed by atoms with Gasteiger partial charge in [0.25, 0.3) is 0 Å². The van der Waals surface area contributed by atoms with Gasteiger partial charge in [0.1, 0.15) is 24.2 Å². The minimum atomic E-state index is -0.587. The Balaban J connectivity index is 1.63. The molecule has 148 valence electrons. The van der Waals surface area contributed by atoms with Crippen molar-refractivity contribution in [1.82, 2.24) is 4.90 Å². The Kier molecular flexibility index (Phi) is 7.48. The monoisotopic (exact) mass is 397 g/mol. The first-order valence-corrected chi connectivity index (χ1v) is 10.3. The van der Waals surface area contributed by atoms with Gasteiger partial charge in [-0.1, -0.05) is 42.0 Å². The van der Waals surface area contributed by atoms with Gasteiger partial charge < -0.3 is 14.6 Å². The molecule has 0 aliphatic carbocycles. The lowest BCUT2D eigenvalue weighted by Gasteiger charge is -2.25. The van der Waals surface area contributed by atoms with Crippen LogP contribution < -0.4 is 9.47 Å². The van der Waals surface area contributed by atoms with Gasteiger partial charge in [0.2, 0.25) is 0 Å². The van der Waals surface area contributed by atoms with Crippen molar-refractivity contribution in [3.8, 4) is 11.5 Å². The summed E-state index contributed by atoms with van der Waals surface area (Å²) in [5, 5.41) is 12.7. The summed E-state index contributed by atoms with van der Waals surface area (Å²) in [6.45, 7) is 4.29. The topological polar surface area (TPSA) is 41.9 Å². The minimum absolute atomic E-state index is 0.260. The molecule has 1 atom stereocenters. The predicted molar refractivity (Wildman–Crippen MR) is 114 cm³/mol. The van der Waals surface area contributed by atoms with Gasteiger partial charge in [-0.3, -0.25) is 4.90 Å². The Labute approximate surface area is 171 Å². The Bertz CT molecular complexity index is 833. The second-order valence-electron chi connectivity index (χ2n) is 6.84. The molecule has 4 nitrogen and oxygen atoms in total. The van der Waals surface area contributed by atoms with Crippen molar-refractivity contribution in [2.45, 2.75) is 26.1 Å². The second-order valence-corrected chi connectivity index (χ2v) is 7.87. The lowest BCUT2D eigenvalue weighted by Crippen LogP contribution is -2.35. The Morgan fingerprint density at radius 2 is 1.79 bits per heavy atom. The summed E-state index contributed by atoms with van der Waals surface area (Å²) >= 11 is 1.72. The maximum atomic E-state index is 10.6. The molecule has 0 fully saturated rings. The summed E-state index contributed by atoms with van der Waals surface area (Å²) in [6.07, 6.45) is -0.587. The summed E-state index contributed by atoms with van der Waals surface area (Å²) in [7, 11) is 1.69. The highest BCUT2D eigenvalue weighted by atomic mass is 32.1. The number of methoxy groups -OCH3 is 1. The van der Waals surface area contributed by atoms with Crippen LogP contribution in [0.15, 0.2) is 66.0 Å². The highest BCUT2D eigenvalue weighted by Crippen LogP contribution is 2.22. The number of hydrogen-bond acceptors (Lipinski definition) is 5. The van der Waals surface area contributed by atoms with Crippen molar-refractivity contribution in [2.75, 3.05) is 20.3 Å². The van der Waals surface area contributed by atoms with E-state index in [0.717, 1.165) is 23.6 Å². The Morgan fingerprint density at radius 3 is 2.50 bits per heavy atom. The molecule has 0 spiro atoms. The molecule has 1 heterocycles. The standard InChI is InChI=1S/C23H27NO3S/c1-18-9-11-21(12-10-18)27-17-20(25)15-24(16-22-7-5-13-28-22)14-19-6-3-4-8-23(19)26-2/h3-13,20,25H,14-17H2,1-2H3. The van der Waals surface area contributed by atoms with Crippen LogP contribution in [0.2, 0.25) is 0 Å². The first-order chi connectivity index (χ1) is 13.6. The molecule has 1 aromatic heterocycles. The molecule has 1 unspecified atom stereocenters. The van der Waals surface area contributed by atoms with Gasteiger partial charge in [-0.05, 0) is 36.6 Å². The smallest absolute Gasteiger partial charge is 0.123 e. The number of thiophene rings is 1. The van der Waals surface area contributed by atoms with Gasteiger partial charge >= 0.3 is 0 Å². The zero-order chi connectivity index (χ0) is 19.8. The molecule has 3 rings (SSSR count). The number of aliphatic hydroxyl groups excluding tert-OH is 1. The summed E-state index contributed by atoms with van der Waals surface area (Å²) in [5.41, 5.74) is 2.29. The molecule has 28 heavy (non-hydrogen) atoms. The number of rotatable bonds is 10. The van der Waals surface area contributed by atoms with Gasteiger partial charge in [-0.2, -0.15) is 0 Å². The maximum absolute atomic E-state index is 10.6. The number of benzene rings is 2. The number of hydrogen-bond donors (Lipinski definition) is 1. The van der Waals surface area contributed by atoms with Crippen molar-refractivity contribution in [3.05, 3.63) is 82.0 Å². The molecule has 0 aliphatic heterocycles. The minimum Gasteiger partial charge on any atom is -0.496 e. The highest BCUT2D eigenvalue weighted by molar-refractivity contribution is 7.09. The first kappa shape index (κ1) is 20.4. The molecule has 0 saturated carbocycles. The van der Waals surface area contributed by atoms with Crippen LogP contribution in [0.25, 0.3) is 0 Å². The van der Waals surface area contributed by atoms with Crippen LogP contribution in [-0.2, 0) is 13.1 Å². The van der Waals surface area contributed by atoms with E-state index in [-0.39, 0.29) is 6.61 Å². The summed E-state index contributed by atoms with van der Waals surface area (Å²) in [6, 6.07) is 20.1. The third-order valence-corrected chi connectivity index (χ3v) is 5.34. The van der Waals surface area contributed by atoms with Crippen LogP contribution >= 0.6 is 11.3 Å². The molecule has 0 bridgehead atoms. The zero-order valence-corrected chi connectivity index (χ0v) is 17.2. The van der Waals surface area contributed by atoms with Gasteiger partial charge in [0.05, 0.1) is 7.11 Å². The molecule has 0 aliphatic rings. The second kappa shape index (κ2) is 10.3. The van der Waals surface area contributed by atoms with Gasteiger partial charge in [-0.25, -0.2) is 0 Å². The van der Waals surface area contributed by atoms with Gasteiger partial charge in [0.15, 0.2) is 0 Å². The fraction of sp³-hybridized carbons (Fsp3) is 0.304. The molecule has 1 N–H and O–H groups in total. The van der Waals surface area contributed by atoms with E-state index in [1.807, 2.05) is 49.4 Å². The van der Waals surface area contributed by atoms with Crippen LogP contribution in [0, 0.1) is 6.92 Å². The van der Waals surface area contributed by atoms with Crippen LogP contribution in [0.1, 0.15) is 16.0 Å². The average molecular weight is 398 g/mol. The maximum Gasteiger partial charge on any atom is 0.123 e. The van der Waals surface area contributed by atoms with Crippen LogP contribution in [0.3, 0.4) is 0 Å². The first-order valence-electron chi connectivity index (χ1n) is 9.38. The molecule has 0 amide bonds. The van der Waals surface area contributed by atoms with E-state index in [0.29, 0.717) is 13.1 Å². The number of aliphatic hydroxyl groups is 1. The fourth-order valence-electron chi connectivity index (χ4n) is 3.06. The zero-order valence-electron chi connectivity index (χ0n) is 16.4. The fourth-order valence-corrected chi connectivity index (χ4v) is 3.81. The molecular formula is C23H27NO3S. The van der Waals surface area contributed by atoms with E-state index >= 15 is 0 Å². The van der Waals surface area contributed by atoms with Crippen molar-refractivity contribution < 1.29 is 14.6 Å². The van der Waals surface area contributed by atoms with Gasteiger partial charge in [-0.15, -0.1) is 11.3 Å². The lowest BCUT2D eigenvalue weighted by atomic mass is 10.1. The van der Waals surface area contributed by atoms with Crippen molar-refractivity contribution in [3.63, 3.8) is 0 Å². The summed E-state index contributed by atoms with van der Waals surface area (Å²) in [4.78, 5) is 3.49. The summed E-state index contributed by atoms with van der Waals surface area (Å²) in [5.74, 6) is 1.64. The van der Waals surface area contributed by atoms with E-state index in [1.54, 1.807) is 18.4 Å². The Hall–Kier alpha value is -2.34. The third-order valence-electron chi connectivity index (χ3n) is 4.48. The molecule has 0 radical (unpaired) electrons. The quantitative estimate of drug-likeness (QED) is 0.547. The summed E-state index contributed by atoms with van der Waals surface area (Å²) < 4.78 is 11.2. The number of ether oxygens (including phenoxy) is 2. The molecule has 0 saturated heterocycles. The van der Waals surface area contributed by atoms with Crippen molar-refractivity contribution in [2.24, 2.45) is 0 Å². The highest BCUT2D eigenvalue weighted by Gasteiger charge is 2.16. The average Bonchev–Trinajstić information content (AvgIpc) is 3.21. The largest absolute Gasteiger partial charge is 0.496 e.